The molecule has 0 saturated heterocycles. The molecule has 1 fully saturated rings. The van der Waals surface area contributed by atoms with E-state index in [1.54, 1.807) is 0 Å². The van der Waals surface area contributed by atoms with Gasteiger partial charge in [-0.25, -0.2) is 0 Å². The molecule has 1 aliphatic carbocycles. The fourth-order valence-corrected chi connectivity index (χ4v) is 1.87. The lowest BCUT2D eigenvalue weighted by atomic mass is 9.82. The lowest BCUT2D eigenvalue weighted by Crippen LogP contribution is -2.54. The van der Waals surface area contributed by atoms with Crippen LogP contribution >= 0.6 is 0 Å². The zero-order valence-corrected chi connectivity index (χ0v) is 8.18. The molecule has 82 valence electrons. The van der Waals surface area contributed by atoms with Gasteiger partial charge in [-0.15, -0.1) is 0 Å². The van der Waals surface area contributed by atoms with E-state index >= 15 is 0 Å². The van der Waals surface area contributed by atoms with Crippen LogP contribution in [0, 0.1) is 5.92 Å². The molecule has 1 amide bonds. The number of aliphatic hydroxyl groups excluding tert-OH is 3. The largest absolute Gasteiger partial charge is 0.396 e. The number of rotatable bonds is 2. The molecule has 3 unspecified atom stereocenters. The molecule has 5 nitrogen and oxygen atoms in total. The molecule has 1 saturated carbocycles. The molecule has 0 aromatic carbocycles. The lowest BCUT2D eigenvalue weighted by molar-refractivity contribution is -0.124. The molecule has 0 heterocycles. The second-order valence-electron chi connectivity index (χ2n) is 3.81. The number of carbonyl (C=O) groups is 1. The first-order chi connectivity index (χ1) is 6.56. The Balaban J connectivity index is 2.54. The Kier molecular flexibility index (Phi) is 3.86. The van der Waals surface area contributed by atoms with Gasteiger partial charge in [-0.1, -0.05) is 0 Å². The van der Waals surface area contributed by atoms with Crippen LogP contribution in [0.4, 0.5) is 0 Å². The monoisotopic (exact) mass is 203 g/mol. The highest BCUT2D eigenvalue weighted by atomic mass is 16.3. The second-order valence-corrected chi connectivity index (χ2v) is 3.81. The third-order valence-electron chi connectivity index (χ3n) is 2.72. The van der Waals surface area contributed by atoms with E-state index in [4.69, 9.17) is 5.11 Å². The predicted octanol–water partition coefficient (Wildman–Crippen LogP) is -1.38. The number of nitrogens with one attached hydrogen (secondary N) is 1. The van der Waals surface area contributed by atoms with E-state index in [-0.39, 0.29) is 18.4 Å². The lowest BCUT2D eigenvalue weighted by Gasteiger charge is -2.36. The Morgan fingerprint density at radius 3 is 2.50 bits per heavy atom. The van der Waals surface area contributed by atoms with Crippen molar-refractivity contribution in [3.63, 3.8) is 0 Å². The van der Waals surface area contributed by atoms with Gasteiger partial charge in [0.1, 0.15) is 6.10 Å². The summed E-state index contributed by atoms with van der Waals surface area (Å²) >= 11 is 0. The van der Waals surface area contributed by atoms with Gasteiger partial charge in [-0.05, 0) is 12.8 Å². The number of amides is 1. The van der Waals surface area contributed by atoms with Gasteiger partial charge >= 0.3 is 0 Å². The first-order valence-electron chi connectivity index (χ1n) is 4.80. The molecule has 1 aliphatic rings. The van der Waals surface area contributed by atoms with Gasteiger partial charge in [0.05, 0.1) is 12.1 Å². The average Bonchev–Trinajstić information content (AvgIpc) is 2.13. The van der Waals surface area contributed by atoms with Crippen molar-refractivity contribution in [3.05, 3.63) is 0 Å². The standard InChI is InChI=1S/C9H17NO4/c1-5(12)10-7-3-2-6(4-11)8(13)9(7)14/h6-9,11,13-14H,2-4H2,1H3,(H,10,12)/t6?,7?,8-,9?/m1/s1. The summed E-state index contributed by atoms with van der Waals surface area (Å²) in [5.74, 6) is -0.501. The molecule has 14 heavy (non-hydrogen) atoms. The summed E-state index contributed by atoms with van der Waals surface area (Å²) in [7, 11) is 0. The molecule has 1 rings (SSSR count). The van der Waals surface area contributed by atoms with Crippen LogP contribution < -0.4 is 5.32 Å². The molecule has 0 spiro atoms. The van der Waals surface area contributed by atoms with Crippen LogP contribution in [0.15, 0.2) is 0 Å². The smallest absolute Gasteiger partial charge is 0.217 e. The van der Waals surface area contributed by atoms with Gasteiger partial charge < -0.3 is 20.6 Å². The van der Waals surface area contributed by atoms with E-state index in [2.05, 4.69) is 5.32 Å². The van der Waals surface area contributed by atoms with Crippen molar-refractivity contribution >= 4 is 5.91 Å². The zero-order chi connectivity index (χ0) is 10.7. The van der Waals surface area contributed by atoms with E-state index < -0.39 is 18.2 Å². The van der Waals surface area contributed by atoms with Crippen LogP contribution in [0.2, 0.25) is 0 Å². The van der Waals surface area contributed by atoms with Crippen molar-refractivity contribution in [1.82, 2.24) is 5.32 Å². The van der Waals surface area contributed by atoms with Gasteiger partial charge in [0.2, 0.25) is 5.91 Å². The summed E-state index contributed by atoms with van der Waals surface area (Å²) in [5.41, 5.74) is 0. The Hall–Kier alpha value is -0.650. The van der Waals surface area contributed by atoms with Crippen molar-refractivity contribution in [3.8, 4) is 0 Å². The summed E-state index contributed by atoms with van der Waals surface area (Å²) in [5, 5.41) is 30.6. The van der Waals surface area contributed by atoms with Crippen molar-refractivity contribution < 1.29 is 20.1 Å². The molecular weight excluding hydrogens is 186 g/mol. The third kappa shape index (κ3) is 2.43. The molecule has 0 radical (unpaired) electrons. The minimum atomic E-state index is -0.982. The maximum atomic E-state index is 10.8. The first kappa shape index (κ1) is 11.4. The molecule has 0 aromatic heterocycles. The minimum Gasteiger partial charge on any atom is -0.396 e. The summed E-state index contributed by atoms with van der Waals surface area (Å²) in [6.07, 6.45) is -0.738. The minimum absolute atomic E-state index is 0.134. The topological polar surface area (TPSA) is 89.8 Å². The summed E-state index contributed by atoms with van der Waals surface area (Å²) in [6, 6.07) is -0.398. The van der Waals surface area contributed by atoms with Gasteiger partial charge in [-0.3, -0.25) is 4.79 Å². The van der Waals surface area contributed by atoms with Gasteiger partial charge in [0.15, 0.2) is 0 Å². The number of carbonyl (C=O) groups excluding carboxylic acids is 1. The van der Waals surface area contributed by atoms with E-state index in [1.165, 1.54) is 6.92 Å². The van der Waals surface area contributed by atoms with E-state index in [9.17, 15) is 15.0 Å². The predicted molar refractivity (Wildman–Crippen MR) is 49.4 cm³/mol. The maximum Gasteiger partial charge on any atom is 0.217 e. The van der Waals surface area contributed by atoms with Crippen molar-refractivity contribution in [2.75, 3.05) is 6.61 Å². The average molecular weight is 203 g/mol. The molecule has 5 heteroatoms. The van der Waals surface area contributed by atoms with E-state index in [0.29, 0.717) is 12.8 Å². The second kappa shape index (κ2) is 4.72. The quantitative estimate of drug-likeness (QED) is 0.445. The zero-order valence-electron chi connectivity index (χ0n) is 8.18. The van der Waals surface area contributed by atoms with Crippen LogP contribution in [0.25, 0.3) is 0 Å². The van der Waals surface area contributed by atoms with Gasteiger partial charge in [0, 0.05) is 19.4 Å². The highest BCUT2D eigenvalue weighted by Crippen LogP contribution is 2.24. The number of aliphatic hydroxyl groups is 3. The Morgan fingerprint density at radius 2 is 2.00 bits per heavy atom. The molecule has 0 aliphatic heterocycles. The van der Waals surface area contributed by atoms with Crippen LogP contribution in [-0.2, 0) is 4.79 Å². The summed E-state index contributed by atoms with van der Waals surface area (Å²) in [4.78, 5) is 10.8. The fraction of sp³-hybridized carbons (Fsp3) is 0.889. The van der Waals surface area contributed by atoms with E-state index in [0.717, 1.165) is 0 Å². The Morgan fingerprint density at radius 1 is 1.36 bits per heavy atom. The van der Waals surface area contributed by atoms with Crippen LogP contribution in [0.5, 0.6) is 0 Å². The Bertz CT molecular complexity index is 209. The first-order valence-corrected chi connectivity index (χ1v) is 4.80. The number of hydrogen-bond acceptors (Lipinski definition) is 4. The van der Waals surface area contributed by atoms with Crippen LogP contribution in [0.3, 0.4) is 0 Å². The third-order valence-corrected chi connectivity index (χ3v) is 2.72. The molecule has 0 bridgehead atoms. The van der Waals surface area contributed by atoms with Crippen LogP contribution in [0.1, 0.15) is 19.8 Å². The highest BCUT2D eigenvalue weighted by Gasteiger charge is 2.37. The van der Waals surface area contributed by atoms with Gasteiger partial charge in [-0.2, -0.15) is 0 Å². The summed E-state index contributed by atoms with van der Waals surface area (Å²) < 4.78 is 0. The van der Waals surface area contributed by atoms with Gasteiger partial charge in [0.25, 0.3) is 0 Å². The molecule has 4 atom stereocenters. The van der Waals surface area contributed by atoms with Crippen LogP contribution in [-0.4, -0.2) is 46.1 Å². The van der Waals surface area contributed by atoms with Crippen molar-refractivity contribution in [2.24, 2.45) is 5.92 Å². The molecular formula is C9H17NO4. The fourth-order valence-electron chi connectivity index (χ4n) is 1.87. The number of hydrogen-bond donors (Lipinski definition) is 4. The molecule has 4 N–H and O–H groups in total. The molecule has 0 aromatic rings. The highest BCUT2D eigenvalue weighted by molar-refractivity contribution is 5.73. The normalized spacial score (nSPS) is 38.0. The van der Waals surface area contributed by atoms with Crippen molar-refractivity contribution in [1.29, 1.82) is 0 Å². The SMILES string of the molecule is CC(=O)NC1CCC(CO)[C@@H](O)C1O. The van der Waals surface area contributed by atoms with Crippen molar-refractivity contribution in [2.45, 2.75) is 38.0 Å². The van der Waals surface area contributed by atoms with E-state index in [1.807, 2.05) is 0 Å². The summed E-state index contributed by atoms with van der Waals surface area (Å²) in [6.45, 7) is 1.24. The Labute approximate surface area is 82.7 Å². The maximum absolute atomic E-state index is 10.8.